The minimum atomic E-state index is -0.0409. The third-order valence-corrected chi connectivity index (χ3v) is 3.88. The van der Waals surface area contributed by atoms with Crippen molar-refractivity contribution in [2.24, 2.45) is 0 Å². The number of carbonyl (C=O) groups excluding carboxylic acids is 1. The fourth-order valence-corrected chi connectivity index (χ4v) is 2.81. The third kappa shape index (κ3) is 1.86. The first-order valence-electron chi connectivity index (χ1n) is 6.92. The van der Waals surface area contributed by atoms with Crippen LogP contribution in [0.4, 0.5) is 5.69 Å². The number of rotatable bonds is 1. The van der Waals surface area contributed by atoms with Gasteiger partial charge in [-0.15, -0.1) is 0 Å². The average molecular weight is 274 g/mol. The van der Waals surface area contributed by atoms with E-state index in [0.717, 1.165) is 38.9 Å². The Morgan fingerprint density at radius 1 is 1.10 bits per heavy atom. The Balaban J connectivity index is 1.90. The van der Waals surface area contributed by atoms with Crippen LogP contribution in [0.1, 0.15) is 16.7 Å². The molecule has 2 N–H and O–H groups in total. The molecule has 1 aliphatic heterocycles. The van der Waals surface area contributed by atoms with E-state index in [4.69, 9.17) is 0 Å². The van der Waals surface area contributed by atoms with Crippen LogP contribution in [-0.2, 0) is 4.79 Å². The van der Waals surface area contributed by atoms with Gasteiger partial charge in [-0.1, -0.05) is 29.8 Å². The first-order valence-corrected chi connectivity index (χ1v) is 6.92. The van der Waals surface area contributed by atoms with Crippen LogP contribution in [0.15, 0.2) is 48.7 Å². The van der Waals surface area contributed by atoms with E-state index in [1.54, 1.807) is 0 Å². The van der Waals surface area contributed by atoms with E-state index in [-0.39, 0.29) is 5.91 Å². The molecule has 21 heavy (non-hydrogen) atoms. The Kier molecular flexibility index (Phi) is 2.48. The lowest BCUT2D eigenvalue weighted by atomic mass is 10.0. The van der Waals surface area contributed by atoms with E-state index in [0.29, 0.717) is 0 Å². The summed E-state index contributed by atoms with van der Waals surface area (Å²) in [6, 6.07) is 14.1. The molecule has 3 nitrogen and oxygen atoms in total. The van der Waals surface area contributed by atoms with Crippen molar-refractivity contribution in [3.05, 3.63) is 65.4 Å². The van der Waals surface area contributed by atoms with Crippen LogP contribution in [0.2, 0.25) is 0 Å². The zero-order chi connectivity index (χ0) is 14.4. The Bertz CT molecular complexity index is 902. The topological polar surface area (TPSA) is 44.9 Å². The quantitative estimate of drug-likeness (QED) is 0.648. The maximum absolute atomic E-state index is 12.2. The van der Waals surface area contributed by atoms with Gasteiger partial charge in [0.2, 0.25) is 0 Å². The van der Waals surface area contributed by atoms with Gasteiger partial charge in [-0.25, -0.2) is 0 Å². The SMILES string of the molecule is Cc1ccc2c(c1)/C(=C\c1c[nH]c3ccccc13)C(=O)N2. The number of nitrogens with one attached hydrogen (secondary N) is 2. The Morgan fingerprint density at radius 3 is 2.86 bits per heavy atom. The fourth-order valence-electron chi connectivity index (χ4n) is 2.81. The minimum Gasteiger partial charge on any atom is -0.361 e. The molecule has 0 spiro atoms. The molecule has 3 heteroatoms. The molecule has 0 saturated carbocycles. The summed E-state index contributed by atoms with van der Waals surface area (Å²) < 4.78 is 0. The number of aryl methyl sites for hydroxylation is 1. The van der Waals surface area contributed by atoms with Gasteiger partial charge in [0.05, 0.1) is 0 Å². The number of hydrogen-bond donors (Lipinski definition) is 2. The molecule has 0 saturated heterocycles. The second-order valence-corrected chi connectivity index (χ2v) is 5.35. The predicted molar refractivity (Wildman–Crippen MR) is 86.0 cm³/mol. The van der Waals surface area contributed by atoms with Gasteiger partial charge < -0.3 is 10.3 Å². The number of carbonyl (C=O) groups is 1. The van der Waals surface area contributed by atoms with Crippen LogP contribution in [0.5, 0.6) is 0 Å². The largest absolute Gasteiger partial charge is 0.361 e. The highest BCUT2D eigenvalue weighted by molar-refractivity contribution is 6.35. The smallest absolute Gasteiger partial charge is 0.256 e. The van der Waals surface area contributed by atoms with E-state index >= 15 is 0 Å². The molecule has 0 fully saturated rings. The summed E-state index contributed by atoms with van der Waals surface area (Å²) >= 11 is 0. The van der Waals surface area contributed by atoms with E-state index < -0.39 is 0 Å². The van der Waals surface area contributed by atoms with Gasteiger partial charge in [0, 0.05) is 39.5 Å². The summed E-state index contributed by atoms with van der Waals surface area (Å²) in [5.74, 6) is -0.0409. The van der Waals surface area contributed by atoms with Crippen molar-refractivity contribution in [3.63, 3.8) is 0 Å². The van der Waals surface area contributed by atoms with Crippen molar-refractivity contribution in [3.8, 4) is 0 Å². The van der Waals surface area contributed by atoms with Crippen LogP contribution >= 0.6 is 0 Å². The van der Waals surface area contributed by atoms with Crippen LogP contribution < -0.4 is 5.32 Å². The number of aromatic amines is 1. The second-order valence-electron chi connectivity index (χ2n) is 5.35. The van der Waals surface area contributed by atoms with Crippen molar-refractivity contribution in [1.82, 2.24) is 4.98 Å². The summed E-state index contributed by atoms with van der Waals surface area (Å²) in [5, 5.41) is 4.04. The summed E-state index contributed by atoms with van der Waals surface area (Å²) in [6.07, 6.45) is 3.90. The molecule has 0 radical (unpaired) electrons. The van der Waals surface area contributed by atoms with Gasteiger partial charge in [0.15, 0.2) is 0 Å². The van der Waals surface area contributed by atoms with Crippen molar-refractivity contribution in [2.75, 3.05) is 5.32 Å². The van der Waals surface area contributed by atoms with Crippen molar-refractivity contribution in [1.29, 1.82) is 0 Å². The summed E-state index contributed by atoms with van der Waals surface area (Å²) in [5.41, 5.74) is 5.84. The molecular weight excluding hydrogens is 260 g/mol. The maximum Gasteiger partial charge on any atom is 0.256 e. The van der Waals surface area contributed by atoms with Crippen molar-refractivity contribution in [2.45, 2.75) is 6.92 Å². The molecule has 2 aromatic carbocycles. The van der Waals surface area contributed by atoms with E-state index in [2.05, 4.69) is 16.4 Å². The van der Waals surface area contributed by atoms with Gasteiger partial charge in [-0.2, -0.15) is 0 Å². The molecule has 0 bridgehead atoms. The number of amides is 1. The number of aromatic nitrogens is 1. The normalized spacial score (nSPS) is 15.5. The van der Waals surface area contributed by atoms with Crippen LogP contribution in [0.25, 0.3) is 22.6 Å². The van der Waals surface area contributed by atoms with Gasteiger partial charge in [-0.3, -0.25) is 4.79 Å². The molecule has 1 amide bonds. The number of hydrogen-bond acceptors (Lipinski definition) is 1. The lowest BCUT2D eigenvalue weighted by Gasteiger charge is -2.00. The van der Waals surface area contributed by atoms with Gasteiger partial charge in [-0.05, 0) is 31.2 Å². The van der Waals surface area contributed by atoms with Crippen LogP contribution in [-0.4, -0.2) is 10.9 Å². The second kappa shape index (κ2) is 4.35. The van der Waals surface area contributed by atoms with E-state index in [1.165, 1.54) is 0 Å². The lowest BCUT2D eigenvalue weighted by Crippen LogP contribution is -2.03. The number of fused-ring (bicyclic) bond motifs is 2. The highest BCUT2D eigenvalue weighted by Crippen LogP contribution is 2.34. The Hall–Kier alpha value is -2.81. The number of H-pyrrole nitrogens is 1. The highest BCUT2D eigenvalue weighted by Gasteiger charge is 2.24. The standard InChI is InChI=1S/C18H14N2O/c1-11-6-7-17-14(8-11)15(18(21)20-17)9-12-10-19-16-5-3-2-4-13(12)16/h2-10,19H,1H3,(H,20,21)/b15-9+. The number of anilines is 1. The van der Waals surface area contributed by atoms with Crippen LogP contribution in [0.3, 0.4) is 0 Å². The number of para-hydroxylation sites is 1. The van der Waals surface area contributed by atoms with E-state index in [1.807, 2.05) is 55.6 Å². The molecule has 2 heterocycles. The lowest BCUT2D eigenvalue weighted by molar-refractivity contribution is -0.110. The fraction of sp³-hybridized carbons (Fsp3) is 0.0556. The summed E-state index contributed by atoms with van der Waals surface area (Å²) in [4.78, 5) is 15.5. The summed E-state index contributed by atoms with van der Waals surface area (Å²) in [6.45, 7) is 2.03. The minimum absolute atomic E-state index is 0.0409. The average Bonchev–Trinajstić information content (AvgIpc) is 3.02. The van der Waals surface area contributed by atoms with E-state index in [9.17, 15) is 4.79 Å². The Labute approximate surface area is 122 Å². The maximum atomic E-state index is 12.2. The molecule has 1 aromatic heterocycles. The van der Waals surface area contributed by atoms with Gasteiger partial charge >= 0.3 is 0 Å². The summed E-state index contributed by atoms with van der Waals surface area (Å²) in [7, 11) is 0. The Morgan fingerprint density at radius 2 is 1.95 bits per heavy atom. The molecule has 0 unspecified atom stereocenters. The van der Waals surface area contributed by atoms with Gasteiger partial charge in [0.25, 0.3) is 5.91 Å². The third-order valence-electron chi connectivity index (χ3n) is 3.88. The molecule has 0 aliphatic carbocycles. The van der Waals surface area contributed by atoms with Gasteiger partial charge in [0.1, 0.15) is 0 Å². The molecule has 4 rings (SSSR count). The molecule has 0 atom stereocenters. The predicted octanol–water partition coefficient (Wildman–Crippen LogP) is 3.97. The van der Waals surface area contributed by atoms with Crippen LogP contribution in [0, 0.1) is 6.92 Å². The zero-order valence-corrected chi connectivity index (χ0v) is 11.6. The highest BCUT2D eigenvalue weighted by atomic mass is 16.2. The molecule has 1 aliphatic rings. The van der Waals surface area contributed by atoms with Crippen molar-refractivity contribution < 1.29 is 4.79 Å². The molecule has 3 aromatic rings. The monoisotopic (exact) mass is 274 g/mol. The molecular formula is C18H14N2O. The first kappa shape index (κ1) is 12.0. The van der Waals surface area contributed by atoms with Crippen molar-refractivity contribution >= 4 is 34.1 Å². The first-order chi connectivity index (χ1) is 10.2. The number of benzene rings is 2. The zero-order valence-electron chi connectivity index (χ0n) is 11.6. The molecule has 102 valence electrons.